The molecule has 3 rings (SSSR count). The lowest BCUT2D eigenvalue weighted by atomic mass is 9.96. The first-order valence-electron chi connectivity index (χ1n) is 8.39. The summed E-state index contributed by atoms with van der Waals surface area (Å²) >= 11 is 0. The predicted molar refractivity (Wildman–Crippen MR) is 98.7 cm³/mol. The van der Waals surface area contributed by atoms with Crippen LogP contribution in [0.25, 0.3) is 0 Å². The van der Waals surface area contributed by atoms with E-state index in [4.69, 9.17) is 0 Å². The minimum absolute atomic E-state index is 0.0554. The average Bonchev–Trinajstić information content (AvgIpc) is 2.65. The van der Waals surface area contributed by atoms with E-state index in [1.807, 2.05) is 55.6 Å². The Bertz CT molecular complexity index is 774. The highest BCUT2D eigenvalue weighted by Gasteiger charge is 2.22. The third-order valence-corrected chi connectivity index (χ3v) is 4.39. The maximum atomic E-state index is 13.3. The van der Waals surface area contributed by atoms with Gasteiger partial charge in [-0.25, -0.2) is 4.39 Å². The molecule has 0 heterocycles. The van der Waals surface area contributed by atoms with Crippen LogP contribution in [0.3, 0.4) is 0 Å². The molecule has 0 bridgehead atoms. The van der Waals surface area contributed by atoms with Crippen LogP contribution in [-0.4, -0.2) is 23.6 Å². The van der Waals surface area contributed by atoms with Gasteiger partial charge < -0.3 is 5.11 Å². The number of likely N-dealkylation sites (N-methyl/N-ethyl adjacent to an activating group) is 1. The smallest absolute Gasteiger partial charge is 0.123 e. The van der Waals surface area contributed by atoms with Crippen LogP contribution in [0.4, 0.5) is 4.39 Å². The van der Waals surface area contributed by atoms with Crippen LogP contribution in [0, 0.1) is 5.82 Å². The fourth-order valence-corrected chi connectivity index (χ4v) is 3.14. The zero-order chi connectivity index (χ0) is 17.6. The molecule has 0 saturated heterocycles. The lowest BCUT2D eigenvalue weighted by molar-refractivity contribution is 0.113. The van der Waals surface area contributed by atoms with Gasteiger partial charge in [0.05, 0.1) is 12.1 Å². The molecule has 3 aromatic carbocycles. The fourth-order valence-electron chi connectivity index (χ4n) is 3.14. The van der Waals surface area contributed by atoms with Crippen LogP contribution in [-0.2, 0) is 0 Å². The number of benzene rings is 3. The zero-order valence-corrected chi connectivity index (χ0v) is 14.2. The minimum Gasteiger partial charge on any atom is -0.387 e. The van der Waals surface area contributed by atoms with E-state index in [1.165, 1.54) is 12.1 Å². The maximum absolute atomic E-state index is 13.3. The SMILES string of the molecule is CN(C[C@H](O)c1ccccc1)[C@H](c1ccccc1)c1ccc(F)cc1. The molecule has 0 saturated carbocycles. The van der Waals surface area contributed by atoms with E-state index < -0.39 is 6.10 Å². The average molecular weight is 335 g/mol. The molecule has 0 fully saturated rings. The Kier molecular flexibility index (Phi) is 5.59. The van der Waals surface area contributed by atoms with Crippen molar-refractivity contribution in [1.29, 1.82) is 0 Å². The molecule has 0 spiro atoms. The second kappa shape index (κ2) is 8.06. The van der Waals surface area contributed by atoms with Gasteiger partial charge in [-0.1, -0.05) is 72.8 Å². The number of nitrogens with zero attached hydrogens (tertiary/aromatic N) is 1. The third-order valence-electron chi connectivity index (χ3n) is 4.39. The second-order valence-corrected chi connectivity index (χ2v) is 6.23. The number of hydrogen-bond acceptors (Lipinski definition) is 2. The molecule has 2 atom stereocenters. The highest BCUT2D eigenvalue weighted by Crippen LogP contribution is 2.29. The first kappa shape index (κ1) is 17.3. The van der Waals surface area contributed by atoms with Crippen molar-refractivity contribution >= 4 is 0 Å². The number of rotatable bonds is 6. The van der Waals surface area contributed by atoms with Gasteiger partial charge in [-0.05, 0) is 35.9 Å². The van der Waals surface area contributed by atoms with E-state index in [9.17, 15) is 9.50 Å². The van der Waals surface area contributed by atoms with Crippen molar-refractivity contribution in [3.8, 4) is 0 Å². The Balaban J connectivity index is 1.87. The van der Waals surface area contributed by atoms with Crippen LogP contribution >= 0.6 is 0 Å². The second-order valence-electron chi connectivity index (χ2n) is 6.23. The van der Waals surface area contributed by atoms with E-state index in [0.717, 1.165) is 16.7 Å². The Morgan fingerprint density at radius 3 is 1.80 bits per heavy atom. The molecule has 0 aliphatic heterocycles. The van der Waals surface area contributed by atoms with E-state index >= 15 is 0 Å². The first-order valence-corrected chi connectivity index (χ1v) is 8.39. The van der Waals surface area contributed by atoms with Gasteiger partial charge in [0.2, 0.25) is 0 Å². The predicted octanol–water partition coefficient (Wildman–Crippen LogP) is 4.58. The Labute approximate surface area is 148 Å². The van der Waals surface area contributed by atoms with Gasteiger partial charge in [0.1, 0.15) is 5.82 Å². The standard InChI is InChI=1S/C22H22FNO/c1-24(16-21(25)17-8-4-2-5-9-17)22(18-10-6-3-7-11-18)19-12-14-20(23)15-13-19/h2-15,21-22,25H,16H2,1H3/t21-,22+/m0/s1. The van der Waals surface area contributed by atoms with Crippen molar-refractivity contribution in [3.05, 3.63) is 107 Å². The molecule has 128 valence electrons. The van der Waals surface area contributed by atoms with Gasteiger partial charge in [-0.15, -0.1) is 0 Å². The summed E-state index contributed by atoms with van der Waals surface area (Å²) in [6.07, 6.45) is -0.585. The molecule has 0 radical (unpaired) electrons. The van der Waals surface area contributed by atoms with Crippen molar-refractivity contribution in [2.24, 2.45) is 0 Å². The lowest BCUT2D eigenvalue weighted by Crippen LogP contribution is -2.30. The molecule has 0 aliphatic rings. The Morgan fingerprint density at radius 1 is 0.760 bits per heavy atom. The molecule has 2 nitrogen and oxygen atoms in total. The number of hydrogen-bond donors (Lipinski definition) is 1. The summed E-state index contributed by atoms with van der Waals surface area (Å²) in [4.78, 5) is 2.10. The van der Waals surface area contributed by atoms with Crippen molar-refractivity contribution in [2.45, 2.75) is 12.1 Å². The van der Waals surface area contributed by atoms with E-state index in [-0.39, 0.29) is 11.9 Å². The van der Waals surface area contributed by atoms with Crippen molar-refractivity contribution < 1.29 is 9.50 Å². The third kappa shape index (κ3) is 4.32. The largest absolute Gasteiger partial charge is 0.387 e. The molecule has 3 heteroatoms. The summed E-state index contributed by atoms with van der Waals surface area (Å²) in [7, 11) is 1.98. The summed E-state index contributed by atoms with van der Waals surface area (Å²) < 4.78 is 13.3. The number of halogens is 1. The van der Waals surface area contributed by atoms with Crippen LogP contribution in [0.2, 0.25) is 0 Å². The molecule has 25 heavy (non-hydrogen) atoms. The molecule has 3 aromatic rings. The topological polar surface area (TPSA) is 23.5 Å². The quantitative estimate of drug-likeness (QED) is 0.713. The molecular formula is C22H22FNO. The lowest BCUT2D eigenvalue weighted by Gasteiger charge is -2.31. The molecule has 0 aromatic heterocycles. The van der Waals surface area contributed by atoms with Gasteiger partial charge in [-0.2, -0.15) is 0 Å². The van der Waals surface area contributed by atoms with Crippen molar-refractivity contribution in [3.63, 3.8) is 0 Å². The van der Waals surface area contributed by atoms with Crippen LogP contribution in [0.5, 0.6) is 0 Å². The monoisotopic (exact) mass is 335 g/mol. The normalized spacial score (nSPS) is 13.6. The van der Waals surface area contributed by atoms with Gasteiger partial charge in [0.25, 0.3) is 0 Å². The summed E-state index contributed by atoms with van der Waals surface area (Å²) in [5.41, 5.74) is 2.99. The van der Waals surface area contributed by atoms with Crippen molar-refractivity contribution in [1.82, 2.24) is 4.90 Å². The molecule has 0 unspecified atom stereocenters. The number of aliphatic hydroxyl groups is 1. The van der Waals surface area contributed by atoms with Gasteiger partial charge in [0.15, 0.2) is 0 Å². The van der Waals surface area contributed by atoms with E-state index in [0.29, 0.717) is 6.54 Å². The fraction of sp³-hybridized carbons (Fsp3) is 0.182. The van der Waals surface area contributed by atoms with E-state index in [1.54, 1.807) is 12.1 Å². The maximum Gasteiger partial charge on any atom is 0.123 e. The Morgan fingerprint density at radius 2 is 1.24 bits per heavy atom. The molecule has 0 amide bonds. The first-order chi connectivity index (χ1) is 12.1. The summed E-state index contributed by atoms with van der Waals surface area (Å²) in [5, 5.41) is 10.6. The summed E-state index contributed by atoms with van der Waals surface area (Å²) in [5.74, 6) is -0.248. The van der Waals surface area contributed by atoms with Crippen LogP contribution < -0.4 is 0 Å². The number of aliphatic hydroxyl groups excluding tert-OH is 1. The highest BCUT2D eigenvalue weighted by atomic mass is 19.1. The Hall–Kier alpha value is -2.49. The van der Waals surface area contributed by atoms with Crippen LogP contribution in [0.15, 0.2) is 84.9 Å². The highest BCUT2D eigenvalue weighted by molar-refractivity contribution is 5.32. The van der Waals surface area contributed by atoms with Gasteiger partial charge >= 0.3 is 0 Å². The summed E-state index contributed by atoms with van der Waals surface area (Å²) in [6.45, 7) is 0.473. The molecular weight excluding hydrogens is 313 g/mol. The van der Waals surface area contributed by atoms with E-state index in [2.05, 4.69) is 17.0 Å². The minimum atomic E-state index is -0.585. The summed E-state index contributed by atoms with van der Waals surface area (Å²) in [6, 6.07) is 26.2. The molecule has 0 aliphatic carbocycles. The van der Waals surface area contributed by atoms with Crippen LogP contribution in [0.1, 0.15) is 28.8 Å². The zero-order valence-electron chi connectivity index (χ0n) is 14.2. The van der Waals surface area contributed by atoms with Gasteiger partial charge in [-0.3, -0.25) is 4.90 Å². The van der Waals surface area contributed by atoms with Crippen molar-refractivity contribution in [2.75, 3.05) is 13.6 Å². The molecule has 1 N–H and O–H groups in total. The van der Waals surface area contributed by atoms with Gasteiger partial charge in [0, 0.05) is 6.54 Å².